The van der Waals surface area contributed by atoms with E-state index in [1.165, 1.54) is 24.3 Å². The van der Waals surface area contributed by atoms with Crippen molar-refractivity contribution in [2.45, 2.75) is 6.61 Å². The lowest BCUT2D eigenvalue weighted by molar-refractivity contribution is 0.102. The van der Waals surface area contributed by atoms with Crippen molar-refractivity contribution >= 4 is 11.6 Å². The predicted octanol–water partition coefficient (Wildman–Crippen LogP) is 4.66. The minimum Gasteiger partial charge on any atom is -0.489 e. The van der Waals surface area contributed by atoms with E-state index in [2.05, 4.69) is 5.32 Å². The van der Waals surface area contributed by atoms with Crippen molar-refractivity contribution in [1.29, 1.82) is 0 Å². The highest BCUT2D eigenvalue weighted by Crippen LogP contribution is 2.19. The topological polar surface area (TPSA) is 38.3 Å². The van der Waals surface area contributed by atoms with E-state index in [4.69, 9.17) is 4.74 Å². The van der Waals surface area contributed by atoms with Crippen LogP contribution >= 0.6 is 0 Å². The molecular formula is C20H16FNO2. The number of hydrogen-bond acceptors (Lipinski definition) is 2. The maximum atomic E-state index is 12.9. The first-order valence-electron chi connectivity index (χ1n) is 7.54. The molecule has 3 aromatic rings. The second-order valence-electron chi connectivity index (χ2n) is 5.26. The van der Waals surface area contributed by atoms with E-state index in [0.717, 1.165) is 5.56 Å². The van der Waals surface area contributed by atoms with Crippen molar-refractivity contribution in [3.8, 4) is 5.75 Å². The van der Waals surface area contributed by atoms with E-state index < -0.39 is 0 Å². The summed E-state index contributed by atoms with van der Waals surface area (Å²) in [6.07, 6.45) is 0. The number of amides is 1. The summed E-state index contributed by atoms with van der Waals surface area (Å²) in [4.78, 5) is 12.1. The van der Waals surface area contributed by atoms with Crippen LogP contribution in [0.1, 0.15) is 15.9 Å². The lowest BCUT2D eigenvalue weighted by atomic mass is 10.2. The van der Waals surface area contributed by atoms with Crippen molar-refractivity contribution in [1.82, 2.24) is 0 Å². The quantitative estimate of drug-likeness (QED) is 0.742. The van der Waals surface area contributed by atoms with Crippen molar-refractivity contribution < 1.29 is 13.9 Å². The lowest BCUT2D eigenvalue weighted by Crippen LogP contribution is -2.11. The fourth-order valence-electron chi connectivity index (χ4n) is 2.21. The molecule has 0 spiro atoms. The van der Waals surface area contributed by atoms with Crippen LogP contribution in [0.4, 0.5) is 10.1 Å². The summed E-state index contributed by atoms with van der Waals surface area (Å²) in [6, 6.07) is 22.4. The lowest BCUT2D eigenvalue weighted by Gasteiger charge is -2.09. The molecule has 0 aliphatic rings. The summed E-state index contributed by atoms with van der Waals surface area (Å²) >= 11 is 0. The van der Waals surface area contributed by atoms with Crippen LogP contribution in [-0.2, 0) is 6.61 Å². The number of anilines is 1. The molecule has 0 saturated carbocycles. The smallest absolute Gasteiger partial charge is 0.255 e. The fraction of sp³-hybridized carbons (Fsp3) is 0.0500. The largest absolute Gasteiger partial charge is 0.489 e. The Morgan fingerprint density at radius 1 is 0.917 bits per heavy atom. The maximum Gasteiger partial charge on any atom is 0.255 e. The highest BCUT2D eigenvalue weighted by molar-refractivity contribution is 6.04. The van der Waals surface area contributed by atoms with Gasteiger partial charge in [-0.25, -0.2) is 4.39 Å². The monoisotopic (exact) mass is 321 g/mol. The Morgan fingerprint density at radius 2 is 1.67 bits per heavy atom. The molecule has 3 nitrogen and oxygen atoms in total. The molecule has 0 aromatic heterocycles. The number of carbonyl (C=O) groups excluding carboxylic acids is 1. The molecule has 0 atom stereocenters. The number of rotatable bonds is 5. The summed E-state index contributed by atoms with van der Waals surface area (Å²) in [5, 5.41) is 2.77. The van der Waals surface area contributed by atoms with Gasteiger partial charge in [-0.05, 0) is 42.0 Å². The molecule has 3 rings (SSSR count). The number of nitrogens with one attached hydrogen (secondary N) is 1. The Balaban J connectivity index is 1.64. The molecular weight excluding hydrogens is 305 g/mol. The summed E-state index contributed by atoms with van der Waals surface area (Å²) in [7, 11) is 0. The van der Waals surface area contributed by atoms with Crippen LogP contribution in [0, 0.1) is 5.82 Å². The van der Waals surface area contributed by atoms with E-state index in [0.29, 0.717) is 23.6 Å². The minimum absolute atomic E-state index is 0.296. The Hall–Kier alpha value is -3.14. The van der Waals surface area contributed by atoms with Crippen molar-refractivity contribution in [3.63, 3.8) is 0 Å². The molecule has 3 aromatic carbocycles. The van der Waals surface area contributed by atoms with Crippen molar-refractivity contribution in [3.05, 3.63) is 95.8 Å². The van der Waals surface area contributed by atoms with Crippen LogP contribution in [0.25, 0.3) is 0 Å². The number of benzene rings is 3. The Labute approximate surface area is 139 Å². The van der Waals surface area contributed by atoms with Crippen molar-refractivity contribution in [2.24, 2.45) is 0 Å². The molecule has 0 aliphatic heterocycles. The van der Waals surface area contributed by atoms with Gasteiger partial charge in [0.1, 0.15) is 18.2 Å². The second kappa shape index (κ2) is 7.42. The average molecular weight is 321 g/mol. The highest BCUT2D eigenvalue weighted by atomic mass is 19.1. The fourth-order valence-corrected chi connectivity index (χ4v) is 2.21. The van der Waals surface area contributed by atoms with Gasteiger partial charge in [-0.3, -0.25) is 4.79 Å². The van der Waals surface area contributed by atoms with Crippen molar-refractivity contribution in [2.75, 3.05) is 5.32 Å². The van der Waals surface area contributed by atoms with Gasteiger partial charge >= 0.3 is 0 Å². The zero-order chi connectivity index (χ0) is 16.8. The normalized spacial score (nSPS) is 10.2. The first-order chi connectivity index (χ1) is 11.7. The Kier molecular flexibility index (Phi) is 4.87. The van der Waals surface area contributed by atoms with Crippen LogP contribution in [0.5, 0.6) is 5.75 Å². The molecule has 0 aliphatic carbocycles. The summed E-state index contributed by atoms with van der Waals surface area (Å²) in [5.74, 6) is -0.00571. The van der Waals surface area contributed by atoms with Gasteiger partial charge < -0.3 is 10.1 Å². The number of ether oxygens (including phenoxy) is 1. The van der Waals surface area contributed by atoms with Gasteiger partial charge in [-0.15, -0.1) is 0 Å². The zero-order valence-corrected chi connectivity index (χ0v) is 12.9. The summed E-state index contributed by atoms with van der Waals surface area (Å²) in [5.41, 5.74) is 2.08. The molecule has 4 heteroatoms. The van der Waals surface area contributed by atoms with E-state index in [1.807, 2.05) is 36.4 Å². The second-order valence-corrected chi connectivity index (χ2v) is 5.26. The summed E-state index contributed by atoms with van der Waals surface area (Å²) in [6.45, 7) is 0.455. The van der Waals surface area contributed by atoms with E-state index in [1.54, 1.807) is 18.2 Å². The SMILES string of the molecule is O=C(Nc1cccc(OCc2ccccc2)c1)c1ccc(F)cc1. The zero-order valence-electron chi connectivity index (χ0n) is 12.9. The molecule has 0 heterocycles. The predicted molar refractivity (Wildman–Crippen MR) is 91.6 cm³/mol. The van der Waals surface area contributed by atoms with Gasteiger partial charge in [0.05, 0.1) is 0 Å². The van der Waals surface area contributed by atoms with E-state index in [9.17, 15) is 9.18 Å². The van der Waals surface area contributed by atoms with Crippen LogP contribution < -0.4 is 10.1 Å². The minimum atomic E-state index is -0.372. The number of hydrogen-bond donors (Lipinski definition) is 1. The Morgan fingerprint density at radius 3 is 2.42 bits per heavy atom. The standard InChI is InChI=1S/C20H16FNO2/c21-17-11-9-16(10-12-17)20(23)22-18-7-4-8-19(13-18)24-14-15-5-2-1-3-6-15/h1-13H,14H2,(H,22,23). The first kappa shape index (κ1) is 15.7. The molecule has 0 fully saturated rings. The molecule has 1 N–H and O–H groups in total. The molecule has 0 saturated heterocycles. The van der Waals surface area contributed by atoms with Gasteiger partial charge in [0.15, 0.2) is 0 Å². The maximum absolute atomic E-state index is 12.9. The molecule has 24 heavy (non-hydrogen) atoms. The van der Waals surface area contributed by atoms with E-state index in [-0.39, 0.29) is 11.7 Å². The molecule has 0 bridgehead atoms. The third kappa shape index (κ3) is 4.20. The summed E-state index contributed by atoms with van der Waals surface area (Å²) < 4.78 is 18.6. The van der Waals surface area contributed by atoms with Gasteiger partial charge in [-0.2, -0.15) is 0 Å². The molecule has 1 amide bonds. The third-order valence-electron chi connectivity index (χ3n) is 3.45. The van der Waals surface area contributed by atoms with Crippen LogP contribution in [0.2, 0.25) is 0 Å². The third-order valence-corrected chi connectivity index (χ3v) is 3.45. The van der Waals surface area contributed by atoms with E-state index >= 15 is 0 Å². The van der Waals surface area contributed by atoms with Gasteiger partial charge in [-0.1, -0.05) is 36.4 Å². The van der Waals surface area contributed by atoms with Gasteiger partial charge in [0.25, 0.3) is 5.91 Å². The van der Waals surface area contributed by atoms with Crippen LogP contribution in [0.3, 0.4) is 0 Å². The molecule has 120 valence electrons. The highest BCUT2D eigenvalue weighted by Gasteiger charge is 2.07. The van der Waals surface area contributed by atoms with Crippen LogP contribution in [0.15, 0.2) is 78.9 Å². The van der Waals surface area contributed by atoms with Crippen LogP contribution in [-0.4, -0.2) is 5.91 Å². The van der Waals surface area contributed by atoms with Gasteiger partial charge in [0.2, 0.25) is 0 Å². The number of carbonyl (C=O) groups is 1. The van der Waals surface area contributed by atoms with Gasteiger partial charge in [0, 0.05) is 17.3 Å². The first-order valence-corrected chi connectivity index (χ1v) is 7.54. The molecule has 0 unspecified atom stereocenters. The number of halogens is 1. The average Bonchev–Trinajstić information content (AvgIpc) is 2.62. The molecule has 0 radical (unpaired) electrons. The Bertz CT molecular complexity index is 817.